The zero-order chi connectivity index (χ0) is 21.1. The smallest absolute Gasteiger partial charge is 0.251 e. The summed E-state index contributed by atoms with van der Waals surface area (Å²) in [5.74, 6) is -0.338. The Bertz CT molecular complexity index is 954. The Kier molecular flexibility index (Phi) is 6.66. The van der Waals surface area contributed by atoms with Gasteiger partial charge in [-0.2, -0.15) is 0 Å². The summed E-state index contributed by atoms with van der Waals surface area (Å²) < 4.78 is 14.0. The van der Waals surface area contributed by atoms with Crippen LogP contribution in [-0.4, -0.2) is 32.3 Å². The maximum Gasteiger partial charge on any atom is 0.251 e. The summed E-state index contributed by atoms with van der Waals surface area (Å²) in [4.78, 5) is 18.8. The van der Waals surface area contributed by atoms with Crippen molar-refractivity contribution in [2.45, 2.75) is 38.4 Å². The number of hydrogen-bond acceptors (Lipinski definition) is 6. The third-order valence-corrected chi connectivity index (χ3v) is 5.96. The van der Waals surface area contributed by atoms with E-state index in [1.807, 2.05) is 19.9 Å². The van der Waals surface area contributed by atoms with Gasteiger partial charge >= 0.3 is 0 Å². The lowest BCUT2D eigenvalue weighted by Crippen LogP contribution is -2.36. The summed E-state index contributed by atoms with van der Waals surface area (Å²) in [7, 11) is 0. The molecular weight excluding hydrogens is 415 g/mol. The third kappa shape index (κ3) is 4.83. The highest BCUT2D eigenvalue weighted by Gasteiger charge is 2.32. The third-order valence-electron chi connectivity index (χ3n) is 4.35. The second kappa shape index (κ2) is 9.02. The monoisotopic (exact) mass is 436 g/mol. The van der Waals surface area contributed by atoms with Crippen LogP contribution in [0.25, 0.3) is 4.91 Å². The molecule has 4 N–H and O–H groups in total. The van der Waals surface area contributed by atoms with Crippen LogP contribution >= 0.6 is 23.4 Å². The number of carbonyl (C=O) groups is 1. The number of nitrogens with two attached hydrogens (primary N) is 1. The fourth-order valence-electron chi connectivity index (χ4n) is 3.05. The Labute approximate surface area is 177 Å². The van der Waals surface area contributed by atoms with Gasteiger partial charge in [-0.05, 0) is 31.5 Å². The van der Waals surface area contributed by atoms with Crippen molar-refractivity contribution in [3.63, 3.8) is 0 Å². The van der Waals surface area contributed by atoms with E-state index < -0.39 is 23.7 Å². The number of rotatable bonds is 7. The summed E-state index contributed by atoms with van der Waals surface area (Å²) in [5.41, 5.74) is 7.11. The van der Waals surface area contributed by atoms with Gasteiger partial charge in [0.05, 0.1) is 11.6 Å². The number of nitrogens with zero attached hydrogens (tertiary/aromatic N) is 2. The number of benzene rings is 1. The van der Waals surface area contributed by atoms with Gasteiger partial charge in [-0.3, -0.25) is 4.79 Å². The second-order valence-electron chi connectivity index (χ2n) is 6.92. The quantitative estimate of drug-likeness (QED) is 0.614. The molecule has 154 valence electrons. The average molecular weight is 437 g/mol. The van der Waals surface area contributed by atoms with Crippen molar-refractivity contribution in [1.29, 1.82) is 0 Å². The lowest BCUT2D eigenvalue weighted by molar-refractivity contribution is -0.119. The number of anilines is 1. The molecule has 0 saturated carbocycles. The number of aromatic nitrogens is 1. The molecule has 1 aromatic carbocycles. The van der Waals surface area contributed by atoms with Crippen LogP contribution < -0.4 is 11.1 Å². The molecule has 1 aliphatic heterocycles. The molecule has 1 amide bonds. The number of nitrogens with one attached hydrogen (secondary N) is 1. The average Bonchev–Trinajstić information content (AvgIpc) is 3.07. The normalized spacial score (nSPS) is 16.3. The van der Waals surface area contributed by atoms with Gasteiger partial charge in [0.25, 0.3) is 5.91 Å². The maximum absolute atomic E-state index is 14.0. The molecule has 9 heteroatoms. The molecule has 29 heavy (non-hydrogen) atoms. The molecule has 3 rings (SSSR count). The molecule has 1 unspecified atom stereocenters. The minimum absolute atomic E-state index is 0.196. The van der Waals surface area contributed by atoms with Crippen molar-refractivity contribution in [2.75, 3.05) is 5.32 Å². The number of hydrogen-bond donors (Lipinski definition) is 3. The Morgan fingerprint density at radius 1 is 1.48 bits per heavy atom. The SMILES string of the molecule is CC(C)Nc1cc(C2=CN(Cc3cccc(F)c3CO)C(C(N)=O)S2)c(Cl)cn1. The van der Waals surface area contributed by atoms with E-state index in [-0.39, 0.29) is 18.2 Å². The molecule has 0 aliphatic carbocycles. The van der Waals surface area contributed by atoms with Crippen LogP contribution in [0.2, 0.25) is 5.02 Å². The van der Waals surface area contributed by atoms with Gasteiger partial charge < -0.3 is 21.1 Å². The predicted molar refractivity (Wildman–Crippen MR) is 114 cm³/mol. The number of aliphatic hydroxyl groups excluding tert-OH is 1. The first kappa shape index (κ1) is 21.4. The zero-order valence-electron chi connectivity index (χ0n) is 16.0. The van der Waals surface area contributed by atoms with Crippen molar-refractivity contribution >= 4 is 40.0 Å². The Morgan fingerprint density at radius 3 is 2.90 bits per heavy atom. The van der Waals surface area contributed by atoms with Crippen molar-refractivity contribution in [1.82, 2.24) is 9.88 Å². The van der Waals surface area contributed by atoms with Gasteiger partial charge in [0, 0.05) is 41.0 Å². The lowest BCUT2D eigenvalue weighted by Gasteiger charge is -2.23. The number of amides is 1. The van der Waals surface area contributed by atoms with E-state index in [4.69, 9.17) is 17.3 Å². The standard InChI is InChI=1S/C20H22ClFN4O2S/c1-11(2)25-18-6-13(15(21)7-24-18)17-9-26(20(29-17)19(23)28)8-12-4-3-5-16(22)14(12)10-27/h3-7,9,11,20,27H,8,10H2,1-2H3,(H2,23,28)(H,24,25). The van der Waals surface area contributed by atoms with Gasteiger partial charge in [0.15, 0.2) is 5.37 Å². The van der Waals surface area contributed by atoms with Crippen LogP contribution in [-0.2, 0) is 17.9 Å². The van der Waals surface area contributed by atoms with E-state index in [0.717, 1.165) is 10.5 Å². The summed E-state index contributed by atoms with van der Waals surface area (Å²) >= 11 is 7.63. The molecule has 0 spiro atoms. The fourth-order valence-corrected chi connectivity index (χ4v) is 4.43. The molecule has 1 aliphatic rings. The molecule has 2 heterocycles. The Morgan fingerprint density at radius 2 is 2.24 bits per heavy atom. The first-order valence-electron chi connectivity index (χ1n) is 9.03. The largest absolute Gasteiger partial charge is 0.392 e. The van der Waals surface area contributed by atoms with Gasteiger partial charge in [-0.15, -0.1) is 0 Å². The highest BCUT2D eigenvalue weighted by molar-refractivity contribution is 8.09. The van der Waals surface area contributed by atoms with Crippen molar-refractivity contribution in [2.24, 2.45) is 5.73 Å². The molecule has 1 aromatic heterocycles. The lowest BCUT2D eigenvalue weighted by atomic mass is 10.1. The second-order valence-corrected chi connectivity index (χ2v) is 8.45. The Hall–Kier alpha value is -2.29. The summed E-state index contributed by atoms with van der Waals surface area (Å²) in [6.07, 6.45) is 3.34. The minimum Gasteiger partial charge on any atom is -0.392 e. The molecule has 2 aromatic rings. The topological polar surface area (TPSA) is 91.5 Å². The number of pyridine rings is 1. The van der Waals surface area contributed by atoms with Crippen LogP contribution in [0.3, 0.4) is 0 Å². The highest BCUT2D eigenvalue weighted by Crippen LogP contribution is 2.43. The van der Waals surface area contributed by atoms with Gasteiger partial charge in [-0.1, -0.05) is 35.5 Å². The van der Waals surface area contributed by atoms with E-state index in [1.54, 1.807) is 29.4 Å². The number of thioether (sulfide) groups is 1. The van der Waals surface area contributed by atoms with Gasteiger partial charge in [-0.25, -0.2) is 9.37 Å². The van der Waals surface area contributed by atoms with Crippen molar-refractivity contribution < 1.29 is 14.3 Å². The van der Waals surface area contributed by atoms with E-state index in [0.29, 0.717) is 16.4 Å². The molecular formula is C20H22ClFN4O2S. The fraction of sp³-hybridized carbons (Fsp3) is 0.300. The summed E-state index contributed by atoms with van der Waals surface area (Å²) in [6.45, 7) is 3.79. The predicted octanol–water partition coefficient (Wildman–Crippen LogP) is 3.55. The van der Waals surface area contributed by atoms with Crippen LogP contribution in [0.15, 0.2) is 36.7 Å². The molecule has 0 fully saturated rings. The Balaban J connectivity index is 1.94. The zero-order valence-corrected chi connectivity index (χ0v) is 17.6. The first-order valence-corrected chi connectivity index (χ1v) is 10.3. The number of carbonyl (C=O) groups excluding carboxylic acids is 1. The van der Waals surface area contributed by atoms with Crippen molar-refractivity contribution in [3.05, 3.63) is 64.2 Å². The van der Waals surface area contributed by atoms with Crippen LogP contribution in [0.4, 0.5) is 10.2 Å². The molecule has 0 radical (unpaired) electrons. The van der Waals surface area contributed by atoms with E-state index in [9.17, 15) is 14.3 Å². The molecule has 6 nitrogen and oxygen atoms in total. The molecule has 0 saturated heterocycles. The van der Waals surface area contributed by atoms with Gasteiger partial charge in [0.1, 0.15) is 11.6 Å². The first-order chi connectivity index (χ1) is 13.8. The molecule has 0 bridgehead atoms. The van der Waals surface area contributed by atoms with Gasteiger partial charge in [0.2, 0.25) is 0 Å². The minimum atomic E-state index is -0.675. The number of halogens is 2. The summed E-state index contributed by atoms with van der Waals surface area (Å²) in [6, 6.07) is 6.60. The van der Waals surface area contributed by atoms with Crippen LogP contribution in [0.5, 0.6) is 0 Å². The van der Waals surface area contributed by atoms with Crippen LogP contribution in [0.1, 0.15) is 30.5 Å². The van der Waals surface area contributed by atoms with E-state index >= 15 is 0 Å². The van der Waals surface area contributed by atoms with E-state index in [2.05, 4.69) is 10.3 Å². The maximum atomic E-state index is 14.0. The highest BCUT2D eigenvalue weighted by atomic mass is 35.5. The number of aliphatic hydroxyl groups is 1. The number of primary amides is 1. The molecule has 1 atom stereocenters. The van der Waals surface area contributed by atoms with E-state index in [1.165, 1.54) is 17.8 Å². The van der Waals surface area contributed by atoms with Crippen molar-refractivity contribution in [3.8, 4) is 0 Å². The van der Waals surface area contributed by atoms with Crippen LogP contribution in [0, 0.1) is 5.82 Å². The summed E-state index contributed by atoms with van der Waals surface area (Å²) in [5, 5.41) is 12.5.